The number of H-pyrrole nitrogens is 1. The van der Waals surface area contributed by atoms with Gasteiger partial charge >= 0.3 is 0 Å². The van der Waals surface area contributed by atoms with Crippen molar-refractivity contribution in [2.75, 3.05) is 18.0 Å². The Morgan fingerprint density at radius 2 is 1.89 bits per heavy atom. The summed E-state index contributed by atoms with van der Waals surface area (Å²) in [7, 11) is 0. The van der Waals surface area contributed by atoms with E-state index in [0.717, 1.165) is 20.8 Å². The van der Waals surface area contributed by atoms with E-state index in [1.54, 1.807) is 24.4 Å². The average Bonchev–Trinajstić information content (AvgIpc) is 3.48. The molecule has 1 fully saturated rings. The molecule has 0 radical (unpaired) electrons. The zero-order chi connectivity index (χ0) is 25.9. The third kappa shape index (κ3) is 3.92. The summed E-state index contributed by atoms with van der Waals surface area (Å²) in [6.45, 7) is 2.92. The molecule has 188 valence electrons. The van der Waals surface area contributed by atoms with Gasteiger partial charge in [0.05, 0.1) is 25.6 Å². The van der Waals surface area contributed by atoms with Crippen LogP contribution in [0, 0.1) is 12.7 Å². The second-order valence-electron chi connectivity index (χ2n) is 9.29. The van der Waals surface area contributed by atoms with Gasteiger partial charge in [0, 0.05) is 41.5 Å². The van der Waals surface area contributed by atoms with E-state index in [-0.39, 0.29) is 11.5 Å². The molecule has 0 atom stereocenters. The number of anilines is 1. The highest BCUT2D eigenvalue weighted by molar-refractivity contribution is 7.19. The maximum atomic E-state index is 14.4. The maximum Gasteiger partial charge on any atom is 0.268 e. The number of carbonyl (C=O) groups is 1. The Kier molecular flexibility index (Phi) is 5.63. The number of nitrogens with two attached hydrogens (primary N) is 2. The number of primary amides is 1. The summed E-state index contributed by atoms with van der Waals surface area (Å²) in [4.78, 5) is 31.4. The van der Waals surface area contributed by atoms with Crippen LogP contribution >= 0.6 is 22.9 Å². The molecule has 6 rings (SSSR count). The van der Waals surface area contributed by atoms with E-state index in [2.05, 4.69) is 15.0 Å². The number of fused-ring (bicyclic) bond motifs is 2. The highest BCUT2D eigenvalue weighted by atomic mass is 35.5. The first kappa shape index (κ1) is 23.8. The Morgan fingerprint density at radius 1 is 1.14 bits per heavy atom. The average molecular weight is 536 g/mol. The Hall–Kier alpha value is -3.60. The fourth-order valence-corrected chi connectivity index (χ4v) is 6.31. The SMILES string of the molecule is Cc1nc2ccc(-c3c[nH]c4nc(N5CCC(N)(c6ccccc6F)CC5)nc(C(N)=O)c34)c(Cl)c2s1. The first-order valence-corrected chi connectivity index (χ1v) is 13.0. The fraction of sp³-hybridized carbons (Fsp3) is 0.231. The van der Waals surface area contributed by atoms with Crippen LogP contribution in [-0.2, 0) is 5.54 Å². The standard InChI is InChI=1S/C26H23ClFN7OS/c1-13-32-18-7-6-14(20(27)22(18)37-13)15-12-31-24-19(15)21(23(29)36)33-25(34-24)35-10-8-26(30,9-11-35)16-4-2-3-5-17(16)28/h2-7,12H,8-11,30H2,1H3,(H2,29,36)(H,31,33,34). The number of carbonyl (C=O) groups excluding carboxylic acids is 1. The molecular weight excluding hydrogens is 513 g/mol. The summed E-state index contributed by atoms with van der Waals surface area (Å²) in [5.74, 6) is -0.613. The summed E-state index contributed by atoms with van der Waals surface area (Å²) in [5, 5.41) is 1.97. The molecule has 11 heteroatoms. The highest BCUT2D eigenvalue weighted by Gasteiger charge is 2.35. The molecule has 3 aromatic heterocycles. The van der Waals surface area contributed by atoms with Crippen LogP contribution in [0.1, 0.15) is 33.9 Å². The number of aryl methyl sites for hydroxylation is 1. The number of amides is 1. The summed E-state index contributed by atoms with van der Waals surface area (Å²) >= 11 is 8.28. The number of thiazole rings is 1. The lowest BCUT2D eigenvalue weighted by Crippen LogP contribution is -2.49. The first-order chi connectivity index (χ1) is 17.7. The van der Waals surface area contributed by atoms with Gasteiger partial charge in [0.1, 0.15) is 17.2 Å². The number of aromatic amines is 1. The first-order valence-electron chi connectivity index (χ1n) is 11.8. The van der Waals surface area contributed by atoms with Crippen molar-refractivity contribution in [3.05, 3.63) is 69.7 Å². The summed E-state index contributed by atoms with van der Waals surface area (Å²) in [6.07, 6.45) is 2.76. The van der Waals surface area contributed by atoms with Crippen LogP contribution in [-0.4, -0.2) is 38.9 Å². The number of halogens is 2. The van der Waals surface area contributed by atoms with Gasteiger partial charge in [0.15, 0.2) is 0 Å². The van der Waals surface area contributed by atoms with Crippen molar-refractivity contribution in [2.24, 2.45) is 11.5 Å². The highest BCUT2D eigenvalue weighted by Crippen LogP contribution is 2.41. The van der Waals surface area contributed by atoms with Crippen molar-refractivity contribution in [2.45, 2.75) is 25.3 Å². The minimum atomic E-state index is -0.789. The van der Waals surface area contributed by atoms with Gasteiger partial charge in [-0.05, 0) is 31.9 Å². The van der Waals surface area contributed by atoms with Crippen molar-refractivity contribution in [3.63, 3.8) is 0 Å². The number of hydrogen-bond acceptors (Lipinski definition) is 7. The lowest BCUT2D eigenvalue weighted by molar-refractivity contribution is 0.0997. The normalized spacial score (nSPS) is 15.5. The van der Waals surface area contributed by atoms with Crippen LogP contribution in [0.3, 0.4) is 0 Å². The number of rotatable bonds is 4. The van der Waals surface area contributed by atoms with Gasteiger partial charge in [-0.2, -0.15) is 4.98 Å². The number of piperidine rings is 1. The molecule has 1 aliphatic heterocycles. The van der Waals surface area contributed by atoms with E-state index in [9.17, 15) is 9.18 Å². The monoisotopic (exact) mass is 535 g/mol. The zero-order valence-corrected chi connectivity index (χ0v) is 21.5. The number of hydrogen-bond donors (Lipinski definition) is 3. The Morgan fingerprint density at radius 3 is 2.62 bits per heavy atom. The number of benzene rings is 2. The second-order valence-corrected chi connectivity index (χ2v) is 10.9. The minimum Gasteiger partial charge on any atom is -0.364 e. The third-order valence-electron chi connectivity index (χ3n) is 7.00. The number of aromatic nitrogens is 4. The molecule has 8 nitrogen and oxygen atoms in total. The van der Waals surface area contributed by atoms with Crippen molar-refractivity contribution < 1.29 is 9.18 Å². The molecule has 2 aromatic carbocycles. The van der Waals surface area contributed by atoms with Gasteiger partial charge in [-0.25, -0.2) is 14.4 Å². The van der Waals surface area contributed by atoms with E-state index in [1.807, 2.05) is 24.0 Å². The van der Waals surface area contributed by atoms with Gasteiger partial charge in [0.25, 0.3) is 5.91 Å². The molecule has 0 bridgehead atoms. The lowest BCUT2D eigenvalue weighted by atomic mass is 9.81. The third-order valence-corrected chi connectivity index (χ3v) is 8.50. The number of nitrogens with one attached hydrogen (secondary N) is 1. The molecule has 1 aliphatic rings. The lowest BCUT2D eigenvalue weighted by Gasteiger charge is -2.39. The molecule has 0 unspecified atom stereocenters. The topological polar surface area (TPSA) is 127 Å². The van der Waals surface area contributed by atoms with E-state index in [0.29, 0.717) is 59.1 Å². The number of nitrogens with zero attached hydrogens (tertiary/aromatic N) is 4. The second kappa shape index (κ2) is 8.76. The van der Waals surface area contributed by atoms with Gasteiger partial charge < -0.3 is 21.4 Å². The van der Waals surface area contributed by atoms with Crippen LogP contribution in [0.4, 0.5) is 10.3 Å². The van der Waals surface area contributed by atoms with Crippen LogP contribution in [0.15, 0.2) is 42.6 Å². The molecular formula is C26H23ClFN7OS. The summed E-state index contributed by atoms with van der Waals surface area (Å²) in [5.41, 5.74) is 14.9. The van der Waals surface area contributed by atoms with Gasteiger partial charge in [-0.1, -0.05) is 35.9 Å². The van der Waals surface area contributed by atoms with Crippen molar-refractivity contribution in [1.29, 1.82) is 0 Å². The summed E-state index contributed by atoms with van der Waals surface area (Å²) < 4.78 is 15.3. The molecule has 0 aliphatic carbocycles. The largest absolute Gasteiger partial charge is 0.364 e. The van der Waals surface area contributed by atoms with Crippen molar-refractivity contribution in [1.82, 2.24) is 19.9 Å². The fourth-order valence-electron chi connectivity index (χ4n) is 5.07. The van der Waals surface area contributed by atoms with Crippen LogP contribution in [0.25, 0.3) is 32.4 Å². The van der Waals surface area contributed by atoms with Crippen LogP contribution < -0.4 is 16.4 Å². The van der Waals surface area contributed by atoms with Crippen molar-refractivity contribution in [3.8, 4) is 11.1 Å². The van der Waals surface area contributed by atoms with Gasteiger partial charge in [-0.3, -0.25) is 4.79 Å². The van der Waals surface area contributed by atoms with E-state index in [4.69, 9.17) is 28.1 Å². The molecule has 5 aromatic rings. The smallest absolute Gasteiger partial charge is 0.268 e. The Balaban J connectivity index is 1.38. The Labute approximate surface area is 220 Å². The maximum absolute atomic E-state index is 14.4. The van der Waals surface area contributed by atoms with E-state index < -0.39 is 11.4 Å². The zero-order valence-electron chi connectivity index (χ0n) is 19.9. The van der Waals surface area contributed by atoms with E-state index >= 15 is 0 Å². The molecule has 0 spiro atoms. The molecule has 0 saturated carbocycles. The van der Waals surface area contributed by atoms with Crippen LogP contribution in [0.2, 0.25) is 5.02 Å². The van der Waals surface area contributed by atoms with Gasteiger partial charge in [0.2, 0.25) is 5.95 Å². The van der Waals surface area contributed by atoms with Gasteiger partial charge in [-0.15, -0.1) is 11.3 Å². The predicted octanol–water partition coefficient (Wildman–Crippen LogP) is 4.89. The molecule has 1 amide bonds. The Bertz CT molecular complexity index is 1690. The van der Waals surface area contributed by atoms with E-state index in [1.165, 1.54) is 17.4 Å². The quantitative estimate of drug-likeness (QED) is 0.301. The van der Waals surface area contributed by atoms with Crippen molar-refractivity contribution >= 4 is 56.0 Å². The predicted molar refractivity (Wildman–Crippen MR) is 144 cm³/mol. The molecule has 37 heavy (non-hydrogen) atoms. The minimum absolute atomic E-state index is 0.103. The molecule has 1 saturated heterocycles. The molecule has 5 N–H and O–H groups in total. The van der Waals surface area contributed by atoms with Crippen LogP contribution in [0.5, 0.6) is 0 Å². The molecule has 4 heterocycles. The summed E-state index contributed by atoms with van der Waals surface area (Å²) in [6, 6.07) is 10.4.